The first-order valence-electron chi connectivity index (χ1n) is 9.50. The fourth-order valence-electron chi connectivity index (χ4n) is 3.04. The van der Waals surface area contributed by atoms with Gasteiger partial charge < -0.3 is 5.32 Å². The molecule has 156 valence electrons. The number of rotatable bonds is 8. The molecular weight excluding hydrogens is 420 g/mol. The van der Waals surface area contributed by atoms with Crippen LogP contribution in [0.1, 0.15) is 24.1 Å². The Bertz CT molecular complexity index is 1070. The van der Waals surface area contributed by atoms with Crippen LogP contribution in [0.5, 0.6) is 0 Å². The second-order valence-electron chi connectivity index (χ2n) is 6.91. The summed E-state index contributed by atoms with van der Waals surface area (Å²) in [5.74, 6) is -0.375. The van der Waals surface area contributed by atoms with Crippen molar-refractivity contribution in [2.45, 2.75) is 24.4 Å². The van der Waals surface area contributed by atoms with Crippen molar-refractivity contribution < 1.29 is 13.2 Å². The number of carbonyl (C=O) groups is 1. The summed E-state index contributed by atoms with van der Waals surface area (Å²) in [6, 6.07) is 24.4. The van der Waals surface area contributed by atoms with Gasteiger partial charge in [0.05, 0.1) is 17.5 Å². The molecule has 0 spiro atoms. The lowest BCUT2D eigenvalue weighted by atomic mass is 10.1. The summed E-state index contributed by atoms with van der Waals surface area (Å²) in [5, 5.41) is 3.32. The van der Waals surface area contributed by atoms with Gasteiger partial charge in [0.1, 0.15) is 0 Å². The van der Waals surface area contributed by atoms with Crippen molar-refractivity contribution in [1.29, 1.82) is 0 Å². The van der Waals surface area contributed by atoms with Gasteiger partial charge in [0.25, 0.3) is 0 Å². The molecular formula is C23H23ClN2O3S. The van der Waals surface area contributed by atoms with E-state index in [1.165, 1.54) is 28.6 Å². The molecule has 0 radical (unpaired) electrons. The van der Waals surface area contributed by atoms with Crippen LogP contribution in [0.4, 0.5) is 0 Å². The molecule has 3 aromatic rings. The molecule has 0 aromatic heterocycles. The fraction of sp³-hybridized carbons (Fsp3) is 0.174. The first-order chi connectivity index (χ1) is 14.4. The number of hydrogen-bond donors (Lipinski definition) is 1. The predicted molar refractivity (Wildman–Crippen MR) is 118 cm³/mol. The summed E-state index contributed by atoms with van der Waals surface area (Å²) in [6.45, 7) is 1.65. The van der Waals surface area contributed by atoms with Gasteiger partial charge in [0.15, 0.2) is 0 Å². The van der Waals surface area contributed by atoms with E-state index in [4.69, 9.17) is 11.6 Å². The highest BCUT2D eigenvalue weighted by Crippen LogP contribution is 2.21. The molecule has 0 aliphatic heterocycles. The lowest BCUT2D eigenvalue weighted by Crippen LogP contribution is -2.41. The average molecular weight is 443 g/mol. The van der Waals surface area contributed by atoms with Crippen LogP contribution in [0.15, 0.2) is 89.8 Å². The number of halogens is 1. The summed E-state index contributed by atoms with van der Waals surface area (Å²) < 4.78 is 27.7. The molecule has 0 saturated heterocycles. The van der Waals surface area contributed by atoms with Crippen molar-refractivity contribution in [3.63, 3.8) is 0 Å². The lowest BCUT2D eigenvalue weighted by Gasteiger charge is -2.23. The highest BCUT2D eigenvalue weighted by molar-refractivity contribution is 7.89. The Morgan fingerprint density at radius 1 is 0.933 bits per heavy atom. The zero-order valence-electron chi connectivity index (χ0n) is 16.5. The average Bonchev–Trinajstić information content (AvgIpc) is 2.75. The molecule has 7 heteroatoms. The normalized spacial score (nSPS) is 12.5. The van der Waals surface area contributed by atoms with Crippen molar-refractivity contribution in [2.24, 2.45) is 0 Å². The number of amides is 1. The fourth-order valence-corrected chi connectivity index (χ4v) is 4.55. The molecule has 0 bridgehead atoms. The lowest BCUT2D eigenvalue weighted by molar-refractivity contribution is -0.122. The highest BCUT2D eigenvalue weighted by atomic mass is 35.5. The molecule has 1 atom stereocenters. The van der Waals surface area contributed by atoms with Crippen molar-refractivity contribution in [3.8, 4) is 0 Å². The Labute approximate surface area is 182 Å². The molecule has 0 heterocycles. The van der Waals surface area contributed by atoms with Gasteiger partial charge in [0, 0.05) is 11.6 Å². The zero-order chi connectivity index (χ0) is 21.6. The smallest absolute Gasteiger partial charge is 0.243 e. The first kappa shape index (κ1) is 22.0. The maximum Gasteiger partial charge on any atom is 0.243 e. The van der Waals surface area contributed by atoms with Gasteiger partial charge in [0.2, 0.25) is 15.9 Å². The maximum absolute atomic E-state index is 13.2. The van der Waals surface area contributed by atoms with Gasteiger partial charge >= 0.3 is 0 Å². The van der Waals surface area contributed by atoms with E-state index in [-0.39, 0.29) is 29.9 Å². The minimum absolute atomic E-state index is 0.0823. The van der Waals surface area contributed by atoms with Crippen LogP contribution >= 0.6 is 11.6 Å². The molecule has 1 N–H and O–H groups in total. The molecule has 0 fully saturated rings. The first-order valence-corrected chi connectivity index (χ1v) is 11.3. The Morgan fingerprint density at radius 3 is 2.10 bits per heavy atom. The molecule has 0 saturated carbocycles. The van der Waals surface area contributed by atoms with Crippen molar-refractivity contribution in [3.05, 3.63) is 101 Å². The number of carbonyl (C=O) groups excluding carboxylic acids is 1. The summed E-state index contributed by atoms with van der Waals surface area (Å²) >= 11 is 5.90. The van der Waals surface area contributed by atoms with Gasteiger partial charge in [-0.05, 0) is 42.3 Å². The van der Waals surface area contributed by atoms with Gasteiger partial charge in [-0.25, -0.2) is 8.42 Å². The number of benzene rings is 3. The second kappa shape index (κ2) is 9.89. The number of nitrogens with one attached hydrogen (secondary N) is 1. The van der Waals surface area contributed by atoms with Crippen molar-refractivity contribution in [1.82, 2.24) is 9.62 Å². The summed E-state index contributed by atoms with van der Waals surface area (Å²) in [4.78, 5) is 12.8. The van der Waals surface area contributed by atoms with Crippen LogP contribution in [-0.4, -0.2) is 25.2 Å². The zero-order valence-corrected chi connectivity index (χ0v) is 18.1. The quantitative estimate of drug-likeness (QED) is 0.562. The molecule has 0 unspecified atom stereocenters. The van der Waals surface area contributed by atoms with E-state index in [1.807, 2.05) is 67.6 Å². The molecule has 30 heavy (non-hydrogen) atoms. The predicted octanol–water partition coefficient (Wildman–Crippen LogP) is 4.41. The molecule has 0 aliphatic rings. The van der Waals surface area contributed by atoms with Crippen molar-refractivity contribution >= 4 is 27.5 Å². The third kappa shape index (κ3) is 5.69. The topological polar surface area (TPSA) is 66.5 Å². The van der Waals surface area contributed by atoms with Gasteiger partial charge in [-0.3, -0.25) is 4.79 Å². The van der Waals surface area contributed by atoms with E-state index >= 15 is 0 Å². The number of nitrogens with zero attached hydrogens (tertiary/aromatic N) is 1. The Morgan fingerprint density at radius 2 is 1.50 bits per heavy atom. The highest BCUT2D eigenvalue weighted by Gasteiger charge is 2.27. The number of hydrogen-bond acceptors (Lipinski definition) is 3. The van der Waals surface area contributed by atoms with Crippen LogP contribution in [0.25, 0.3) is 0 Å². The Hall–Kier alpha value is -2.67. The van der Waals surface area contributed by atoms with Crippen LogP contribution in [0.2, 0.25) is 5.02 Å². The second-order valence-corrected chi connectivity index (χ2v) is 9.29. The van der Waals surface area contributed by atoms with E-state index in [0.717, 1.165) is 11.1 Å². The Balaban J connectivity index is 1.82. The van der Waals surface area contributed by atoms with Gasteiger partial charge in [-0.15, -0.1) is 0 Å². The van der Waals surface area contributed by atoms with Crippen LogP contribution in [-0.2, 0) is 21.4 Å². The third-order valence-electron chi connectivity index (χ3n) is 4.65. The summed E-state index contributed by atoms with van der Waals surface area (Å²) in [6.07, 6.45) is 0. The third-order valence-corrected chi connectivity index (χ3v) is 6.71. The van der Waals surface area contributed by atoms with Gasteiger partial charge in [-0.1, -0.05) is 72.3 Å². The van der Waals surface area contributed by atoms with E-state index in [2.05, 4.69) is 5.32 Å². The van der Waals surface area contributed by atoms with Crippen LogP contribution in [0, 0.1) is 0 Å². The van der Waals surface area contributed by atoms with Crippen LogP contribution < -0.4 is 5.32 Å². The van der Waals surface area contributed by atoms with Crippen molar-refractivity contribution in [2.75, 3.05) is 6.54 Å². The van der Waals surface area contributed by atoms with E-state index in [0.29, 0.717) is 5.02 Å². The number of sulfonamides is 1. The molecule has 5 nitrogen and oxygen atoms in total. The minimum atomic E-state index is -3.90. The van der Waals surface area contributed by atoms with Gasteiger partial charge in [-0.2, -0.15) is 4.31 Å². The largest absolute Gasteiger partial charge is 0.348 e. The molecule has 3 rings (SSSR count). The van der Waals surface area contributed by atoms with E-state index in [9.17, 15) is 13.2 Å². The standard InChI is InChI=1S/C23H23ClN2O3S/c1-18(20-10-6-3-7-11-20)25-23(27)17-26(16-19-8-4-2-5-9-19)30(28,29)22-14-12-21(24)13-15-22/h2-15,18H,16-17H2,1H3,(H,25,27)/t18-/m0/s1. The Kier molecular flexibility index (Phi) is 7.26. The van der Waals surface area contributed by atoms with E-state index < -0.39 is 10.0 Å². The monoisotopic (exact) mass is 442 g/mol. The van der Waals surface area contributed by atoms with E-state index in [1.54, 1.807) is 0 Å². The summed E-state index contributed by atoms with van der Waals surface area (Å²) in [5.41, 5.74) is 1.74. The van der Waals surface area contributed by atoms with Crippen LogP contribution in [0.3, 0.4) is 0 Å². The molecule has 3 aromatic carbocycles. The summed E-state index contributed by atoms with van der Waals surface area (Å²) in [7, 11) is -3.90. The molecule has 1 amide bonds. The maximum atomic E-state index is 13.2. The SMILES string of the molecule is C[C@H](NC(=O)CN(Cc1ccccc1)S(=O)(=O)c1ccc(Cl)cc1)c1ccccc1. The minimum Gasteiger partial charge on any atom is -0.348 e. The molecule has 0 aliphatic carbocycles.